The first kappa shape index (κ1) is 27.3. The number of anilines is 1. The Morgan fingerprint density at radius 2 is 1.35 bits per heavy atom. The molecule has 1 N–H and O–H groups in total. The lowest BCUT2D eigenvalue weighted by Gasteiger charge is -2.33. The van der Waals surface area contributed by atoms with E-state index in [2.05, 4.69) is 17.2 Å². The molecule has 0 aliphatic heterocycles. The van der Waals surface area contributed by atoms with Gasteiger partial charge in [0.25, 0.3) is 0 Å². The molecule has 2 amide bonds. The van der Waals surface area contributed by atoms with Gasteiger partial charge in [-0.3, -0.25) is 14.5 Å². The standard InChI is InChI=1S/C31H34N2O4/c1-21-8-12-23(13-9-21)14-17-28(34)33(25-18-26(36-6)20-27(19-25)37-7)29(30(35)32-31(3,4)5)24-15-10-22(2)11-16-24/h8-13,15-16,18-20,29H,1-7H3,(H,32,35). The SMILES string of the molecule is COc1cc(OC)cc(N(C(=O)C#Cc2ccc(C)cc2)C(C(=O)NC(C)(C)C)c2ccc(C)cc2)c1. The summed E-state index contributed by atoms with van der Waals surface area (Å²) in [7, 11) is 3.07. The maximum Gasteiger partial charge on any atom is 0.304 e. The predicted octanol–water partition coefficient (Wildman–Crippen LogP) is 5.36. The third-order valence-electron chi connectivity index (χ3n) is 5.60. The molecule has 1 atom stereocenters. The highest BCUT2D eigenvalue weighted by Gasteiger charge is 2.34. The summed E-state index contributed by atoms with van der Waals surface area (Å²) in [5, 5.41) is 3.03. The van der Waals surface area contributed by atoms with Crippen LogP contribution < -0.4 is 19.7 Å². The fourth-order valence-corrected chi connectivity index (χ4v) is 3.74. The highest BCUT2D eigenvalue weighted by atomic mass is 16.5. The van der Waals surface area contributed by atoms with Gasteiger partial charge in [-0.25, -0.2) is 0 Å². The van der Waals surface area contributed by atoms with E-state index in [0.717, 1.165) is 11.1 Å². The number of carbonyl (C=O) groups is 2. The third kappa shape index (κ3) is 7.37. The molecule has 6 heteroatoms. The van der Waals surface area contributed by atoms with E-state index < -0.39 is 17.5 Å². The van der Waals surface area contributed by atoms with Gasteiger partial charge in [0.2, 0.25) is 5.91 Å². The molecule has 0 aliphatic rings. The molecule has 0 saturated carbocycles. The molecule has 6 nitrogen and oxygen atoms in total. The van der Waals surface area contributed by atoms with Gasteiger partial charge < -0.3 is 14.8 Å². The van der Waals surface area contributed by atoms with E-state index in [1.807, 2.05) is 83.1 Å². The fourth-order valence-electron chi connectivity index (χ4n) is 3.74. The van der Waals surface area contributed by atoms with Gasteiger partial charge in [-0.1, -0.05) is 53.4 Å². The lowest BCUT2D eigenvalue weighted by Crippen LogP contribution is -2.49. The zero-order chi connectivity index (χ0) is 27.2. The van der Waals surface area contributed by atoms with Gasteiger partial charge in [-0.05, 0) is 52.3 Å². The molecule has 0 fully saturated rings. The van der Waals surface area contributed by atoms with Gasteiger partial charge in [0.1, 0.15) is 17.5 Å². The Labute approximate surface area is 219 Å². The Balaban J connectivity index is 2.21. The van der Waals surface area contributed by atoms with Gasteiger partial charge in [0, 0.05) is 35.2 Å². The first-order chi connectivity index (χ1) is 17.5. The van der Waals surface area contributed by atoms with Crippen LogP contribution in [-0.4, -0.2) is 31.6 Å². The van der Waals surface area contributed by atoms with Crippen molar-refractivity contribution in [3.63, 3.8) is 0 Å². The molecule has 1 unspecified atom stereocenters. The second-order valence-corrected chi connectivity index (χ2v) is 9.91. The Morgan fingerprint density at radius 1 is 0.838 bits per heavy atom. The molecule has 192 valence electrons. The van der Waals surface area contributed by atoms with Crippen molar-refractivity contribution in [3.05, 3.63) is 89.0 Å². The minimum absolute atomic E-state index is 0.330. The molecule has 0 bridgehead atoms. The summed E-state index contributed by atoms with van der Waals surface area (Å²) in [5.41, 5.74) is 3.40. The van der Waals surface area contributed by atoms with Crippen LogP contribution in [-0.2, 0) is 9.59 Å². The van der Waals surface area contributed by atoms with Crippen molar-refractivity contribution in [1.82, 2.24) is 5.32 Å². The number of amides is 2. The van der Waals surface area contributed by atoms with E-state index in [0.29, 0.717) is 28.3 Å². The van der Waals surface area contributed by atoms with E-state index in [-0.39, 0.29) is 5.91 Å². The van der Waals surface area contributed by atoms with Gasteiger partial charge in [0.05, 0.1) is 19.9 Å². The van der Waals surface area contributed by atoms with Gasteiger partial charge in [0.15, 0.2) is 0 Å². The molecule has 0 heterocycles. The number of hydrogen-bond donors (Lipinski definition) is 1. The number of methoxy groups -OCH3 is 2. The van der Waals surface area contributed by atoms with Crippen molar-refractivity contribution in [1.29, 1.82) is 0 Å². The predicted molar refractivity (Wildman–Crippen MR) is 147 cm³/mol. The molecule has 0 aliphatic carbocycles. The van der Waals surface area contributed by atoms with Crippen LogP contribution >= 0.6 is 0 Å². The summed E-state index contributed by atoms with van der Waals surface area (Å²) in [6.45, 7) is 9.65. The van der Waals surface area contributed by atoms with Crippen LogP contribution in [0.5, 0.6) is 11.5 Å². The quantitative estimate of drug-likeness (QED) is 0.465. The maximum absolute atomic E-state index is 13.8. The average molecular weight is 499 g/mol. The van der Waals surface area contributed by atoms with Crippen LogP contribution in [0.25, 0.3) is 0 Å². The van der Waals surface area contributed by atoms with Crippen LogP contribution in [0.2, 0.25) is 0 Å². The van der Waals surface area contributed by atoms with E-state index >= 15 is 0 Å². The van der Waals surface area contributed by atoms with E-state index in [1.165, 1.54) is 19.1 Å². The second kappa shape index (κ2) is 11.7. The second-order valence-electron chi connectivity index (χ2n) is 9.91. The number of hydrogen-bond acceptors (Lipinski definition) is 4. The molecule has 0 radical (unpaired) electrons. The number of carbonyl (C=O) groups excluding carboxylic acids is 2. The number of benzene rings is 3. The highest BCUT2D eigenvalue weighted by Crippen LogP contribution is 2.34. The van der Waals surface area contributed by atoms with Crippen LogP contribution in [0.4, 0.5) is 5.69 Å². The van der Waals surface area contributed by atoms with Crippen molar-refractivity contribution in [2.45, 2.75) is 46.2 Å². The van der Waals surface area contributed by atoms with E-state index in [4.69, 9.17) is 9.47 Å². The molecule has 3 aromatic rings. The summed E-state index contributed by atoms with van der Waals surface area (Å²) in [5.74, 6) is 5.79. The van der Waals surface area contributed by atoms with Crippen LogP contribution in [0.3, 0.4) is 0 Å². The number of rotatable bonds is 6. The molecule has 37 heavy (non-hydrogen) atoms. The molecular weight excluding hydrogens is 464 g/mol. The molecule has 3 aromatic carbocycles. The fraction of sp³-hybridized carbons (Fsp3) is 0.290. The topological polar surface area (TPSA) is 67.9 Å². The lowest BCUT2D eigenvalue weighted by atomic mass is 9.99. The van der Waals surface area contributed by atoms with Gasteiger partial charge in [-0.2, -0.15) is 0 Å². The molecule has 0 spiro atoms. The minimum atomic E-state index is -0.989. The molecule has 3 rings (SSSR count). The zero-order valence-corrected chi connectivity index (χ0v) is 22.5. The summed E-state index contributed by atoms with van der Waals surface area (Å²) in [6, 6.07) is 19.2. The van der Waals surface area contributed by atoms with Crippen molar-refractivity contribution in [2.75, 3.05) is 19.1 Å². The Bertz CT molecular complexity index is 1290. The van der Waals surface area contributed by atoms with E-state index in [1.54, 1.807) is 18.2 Å². The first-order valence-corrected chi connectivity index (χ1v) is 12.0. The minimum Gasteiger partial charge on any atom is -0.497 e. The Hall–Kier alpha value is -4.24. The summed E-state index contributed by atoms with van der Waals surface area (Å²) >= 11 is 0. The summed E-state index contributed by atoms with van der Waals surface area (Å²) in [6.07, 6.45) is 0. The number of ether oxygens (including phenoxy) is 2. The number of nitrogens with one attached hydrogen (secondary N) is 1. The first-order valence-electron chi connectivity index (χ1n) is 12.0. The number of aryl methyl sites for hydroxylation is 2. The smallest absolute Gasteiger partial charge is 0.304 e. The van der Waals surface area contributed by atoms with Crippen molar-refractivity contribution >= 4 is 17.5 Å². The van der Waals surface area contributed by atoms with Gasteiger partial charge >= 0.3 is 5.91 Å². The normalized spacial score (nSPS) is 11.5. The van der Waals surface area contributed by atoms with E-state index in [9.17, 15) is 9.59 Å². The maximum atomic E-state index is 13.8. The molecular formula is C31H34N2O4. The van der Waals surface area contributed by atoms with Crippen molar-refractivity contribution in [3.8, 4) is 23.3 Å². The lowest BCUT2D eigenvalue weighted by molar-refractivity contribution is -0.126. The Morgan fingerprint density at radius 3 is 1.84 bits per heavy atom. The molecule has 0 saturated heterocycles. The Kier molecular flexibility index (Phi) is 8.62. The van der Waals surface area contributed by atoms with Crippen LogP contribution in [0.1, 0.15) is 49.1 Å². The molecule has 0 aromatic heterocycles. The summed E-state index contributed by atoms with van der Waals surface area (Å²) in [4.78, 5) is 29.0. The van der Waals surface area contributed by atoms with Crippen LogP contribution in [0, 0.1) is 25.7 Å². The van der Waals surface area contributed by atoms with Gasteiger partial charge in [-0.15, -0.1) is 0 Å². The zero-order valence-electron chi connectivity index (χ0n) is 22.5. The number of nitrogens with zero attached hydrogens (tertiary/aromatic N) is 1. The van der Waals surface area contributed by atoms with Crippen molar-refractivity contribution < 1.29 is 19.1 Å². The van der Waals surface area contributed by atoms with Crippen molar-refractivity contribution in [2.24, 2.45) is 0 Å². The highest BCUT2D eigenvalue weighted by molar-refractivity contribution is 6.10. The largest absolute Gasteiger partial charge is 0.497 e. The van der Waals surface area contributed by atoms with Crippen LogP contribution in [0.15, 0.2) is 66.7 Å². The third-order valence-corrected chi connectivity index (χ3v) is 5.60. The average Bonchev–Trinajstić information content (AvgIpc) is 2.86. The monoisotopic (exact) mass is 498 g/mol. The summed E-state index contributed by atoms with van der Waals surface area (Å²) < 4.78 is 10.9.